The number of hydrogen-bond acceptors (Lipinski definition) is 8. The number of nitrogens with zero attached hydrogens (tertiary/aromatic N) is 5. The molecule has 0 radical (unpaired) electrons. The van der Waals surface area contributed by atoms with Gasteiger partial charge in [-0.2, -0.15) is 15.2 Å². The average molecular weight is 641 g/mol. The first-order valence-electron chi connectivity index (χ1n) is 16.0. The molecule has 0 spiro atoms. The molecule has 3 saturated heterocycles. The van der Waals surface area contributed by atoms with Crippen LogP contribution in [-0.4, -0.2) is 71.4 Å². The quantitative estimate of drug-likeness (QED) is 0.258. The van der Waals surface area contributed by atoms with Gasteiger partial charge in [-0.05, 0) is 62.0 Å². The standard InChI is InChI=1S/C36H35F3N6O2/c1-4-25-28(37)9-6-20-12-24(46)13-26(30(20)25)31-29(38)14-27-33(32(31)39)42-35(43-34(27)45-16-22-7-8-23(17-45)41-22)47-19-36(3)18-44(5-2)11-10-21(36)15-40/h1,6,9,12-14,21-23,41,46H,5,7-8,10-11,16-19H2,2-3H3/t21-,22-,23+,36-/m0/s1. The Balaban J connectivity index is 1.40. The third kappa shape index (κ3) is 5.38. The smallest absolute Gasteiger partial charge is 0.319 e. The van der Waals surface area contributed by atoms with Gasteiger partial charge in [-0.3, -0.25) is 0 Å². The van der Waals surface area contributed by atoms with Crippen molar-refractivity contribution in [1.29, 1.82) is 5.26 Å². The molecule has 11 heteroatoms. The first-order valence-corrected chi connectivity index (χ1v) is 16.0. The van der Waals surface area contributed by atoms with E-state index >= 15 is 8.78 Å². The van der Waals surface area contributed by atoms with E-state index in [1.165, 1.54) is 24.3 Å². The Morgan fingerprint density at radius 3 is 2.57 bits per heavy atom. The minimum absolute atomic E-state index is 0.0856. The molecule has 242 valence electrons. The molecule has 3 aromatic carbocycles. The lowest BCUT2D eigenvalue weighted by Gasteiger charge is -2.42. The molecule has 8 nitrogen and oxygen atoms in total. The number of nitrogens with one attached hydrogen (secondary N) is 1. The molecule has 4 atom stereocenters. The van der Waals surface area contributed by atoms with Gasteiger partial charge in [0.05, 0.1) is 29.7 Å². The molecule has 3 aliphatic rings. The Bertz CT molecular complexity index is 1980. The van der Waals surface area contributed by atoms with Gasteiger partial charge in [0.2, 0.25) is 0 Å². The van der Waals surface area contributed by atoms with Gasteiger partial charge < -0.3 is 25.0 Å². The maximum atomic E-state index is 16.9. The van der Waals surface area contributed by atoms with E-state index in [9.17, 15) is 14.8 Å². The number of anilines is 1. The van der Waals surface area contributed by atoms with Crippen molar-refractivity contribution in [2.45, 2.75) is 45.2 Å². The summed E-state index contributed by atoms with van der Waals surface area (Å²) >= 11 is 0. The van der Waals surface area contributed by atoms with Crippen LogP contribution in [0.2, 0.25) is 0 Å². The fraction of sp³-hybridized carbons (Fsp3) is 0.417. The van der Waals surface area contributed by atoms with E-state index in [-0.39, 0.29) is 63.8 Å². The van der Waals surface area contributed by atoms with Gasteiger partial charge in [0.1, 0.15) is 28.7 Å². The summed E-state index contributed by atoms with van der Waals surface area (Å²) in [5.74, 6) is -0.539. The molecule has 0 aliphatic carbocycles. The Hall–Kier alpha value is -4.58. The molecule has 4 aromatic rings. The lowest BCUT2D eigenvalue weighted by atomic mass is 9.73. The van der Waals surface area contributed by atoms with Crippen molar-refractivity contribution in [2.75, 3.05) is 44.2 Å². The van der Waals surface area contributed by atoms with Gasteiger partial charge in [0.25, 0.3) is 0 Å². The SMILES string of the molecule is C#Cc1c(F)ccc2cc(O)cc(-c3c(F)cc4c(N5C[C@H]6CC[C@@H](C5)N6)nc(OC[C@]5(C)CN(CC)CC[C@H]5C#N)nc4c3F)c12. The van der Waals surface area contributed by atoms with Crippen LogP contribution in [0.3, 0.4) is 0 Å². The highest BCUT2D eigenvalue weighted by atomic mass is 19.1. The normalized spacial score (nSPS) is 24.4. The fourth-order valence-electron chi connectivity index (χ4n) is 7.67. The van der Waals surface area contributed by atoms with Crippen molar-refractivity contribution in [3.63, 3.8) is 0 Å². The number of piperidine rings is 1. The number of fused-ring (bicyclic) bond motifs is 4. The van der Waals surface area contributed by atoms with E-state index in [0.717, 1.165) is 32.0 Å². The molecule has 4 heterocycles. The van der Waals surface area contributed by atoms with E-state index in [0.29, 0.717) is 37.3 Å². The number of nitriles is 1. The second-order valence-corrected chi connectivity index (χ2v) is 13.3. The average Bonchev–Trinajstić information content (AvgIpc) is 3.40. The number of piperazine rings is 1. The fourth-order valence-corrected chi connectivity index (χ4v) is 7.67. The van der Waals surface area contributed by atoms with Crippen LogP contribution in [0.1, 0.15) is 38.7 Å². The van der Waals surface area contributed by atoms with Crippen LogP contribution >= 0.6 is 0 Å². The van der Waals surface area contributed by atoms with E-state index in [1.54, 1.807) is 0 Å². The zero-order chi connectivity index (χ0) is 33.0. The Kier molecular flexibility index (Phi) is 7.86. The number of phenolic OH excluding ortho intramolecular Hbond substituents is 1. The predicted molar refractivity (Wildman–Crippen MR) is 174 cm³/mol. The summed E-state index contributed by atoms with van der Waals surface area (Å²) in [7, 11) is 0. The largest absolute Gasteiger partial charge is 0.508 e. The molecular weight excluding hydrogens is 605 g/mol. The molecule has 1 aromatic heterocycles. The monoisotopic (exact) mass is 640 g/mol. The van der Waals surface area contributed by atoms with Crippen LogP contribution in [0.25, 0.3) is 32.8 Å². The van der Waals surface area contributed by atoms with Gasteiger partial charge in [-0.15, -0.1) is 6.42 Å². The Morgan fingerprint density at radius 2 is 1.87 bits per heavy atom. The number of rotatable bonds is 6. The van der Waals surface area contributed by atoms with Crippen molar-refractivity contribution >= 4 is 27.5 Å². The van der Waals surface area contributed by atoms with Gasteiger partial charge in [0.15, 0.2) is 5.82 Å². The minimum Gasteiger partial charge on any atom is -0.508 e. The highest BCUT2D eigenvalue weighted by Crippen LogP contribution is 2.42. The summed E-state index contributed by atoms with van der Waals surface area (Å²) in [4.78, 5) is 13.5. The van der Waals surface area contributed by atoms with Crippen molar-refractivity contribution in [3.8, 4) is 41.3 Å². The lowest BCUT2D eigenvalue weighted by molar-refractivity contribution is 0.0253. The summed E-state index contributed by atoms with van der Waals surface area (Å²) in [6.45, 7) is 7.68. The van der Waals surface area contributed by atoms with E-state index < -0.39 is 28.4 Å². The van der Waals surface area contributed by atoms with Gasteiger partial charge in [0, 0.05) is 53.5 Å². The molecule has 0 amide bonds. The molecule has 0 saturated carbocycles. The third-order valence-corrected chi connectivity index (χ3v) is 10.1. The van der Waals surface area contributed by atoms with Crippen molar-refractivity contribution < 1.29 is 23.0 Å². The number of likely N-dealkylation sites (tertiary alicyclic amines) is 1. The molecule has 2 bridgehead atoms. The molecule has 7 rings (SSSR count). The first kappa shape index (κ1) is 31.0. The topological polar surface area (TPSA) is 97.5 Å². The summed E-state index contributed by atoms with van der Waals surface area (Å²) in [5.41, 5.74) is -1.48. The molecule has 0 unspecified atom stereocenters. The summed E-state index contributed by atoms with van der Waals surface area (Å²) in [6, 6.07) is 9.05. The number of hydrogen-bond donors (Lipinski definition) is 2. The van der Waals surface area contributed by atoms with Gasteiger partial charge in [-0.25, -0.2) is 13.2 Å². The van der Waals surface area contributed by atoms with Crippen molar-refractivity contribution in [2.24, 2.45) is 11.3 Å². The maximum Gasteiger partial charge on any atom is 0.319 e. The number of terminal acetylenes is 1. The van der Waals surface area contributed by atoms with Crippen molar-refractivity contribution in [1.82, 2.24) is 20.2 Å². The number of halogens is 3. The predicted octanol–water partition coefficient (Wildman–Crippen LogP) is 5.75. The van der Waals surface area contributed by atoms with Crippen LogP contribution in [0, 0.1) is 52.5 Å². The van der Waals surface area contributed by atoms with E-state index in [2.05, 4.69) is 34.1 Å². The minimum atomic E-state index is -1.01. The molecule has 3 fully saturated rings. The van der Waals surface area contributed by atoms with Gasteiger partial charge >= 0.3 is 6.01 Å². The number of phenols is 1. The number of aromatic hydroxyl groups is 1. The van der Waals surface area contributed by atoms with Crippen LogP contribution in [0.4, 0.5) is 19.0 Å². The second-order valence-electron chi connectivity index (χ2n) is 13.3. The lowest BCUT2D eigenvalue weighted by Crippen LogP contribution is -2.51. The third-order valence-electron chi connectivity index (χ3n) is 10.1. The van der Waals surface area contributed by atoms with E-state index in [4.69, 9.17) is 16.1 Å². The zero-order valence-corrected chi connectivity index (χ0v) is 26.3. The van der Waals surface area contributed by atoms with Crippen LogP contribution in [0.5, 0.6) is 11.8 Å². The molecule has 47 heavy (non-hydrogen) atoms. The van der Waals surface area contributed by atoms with Crippen molar-refractivity contribution in [3.05, 3.63) is 53.3 Å². The Morgan fingerprint density at radius 1 is 1.11 bits per heavy atom. The Labute approximate surface area is 271 Å². The number of benzene rings is 3. The molecular formula is C36H35F3N6O2. The molecule has 2 N–H and O–H groups in total. The van der Waals surface area contributed by atoms with Crippen LogP contribution in [0.15, 0.2) is 30.3 Å². The van der Waals surface area contributed by atoms with E-state index in [1.807, 2.05) is 11.8 Å². The van der Waals surface area contributed by atoms with Gasteiger partial charge in [-0.1, -0.05) is 25.8 Å². The van der Waals surface area contributed by atoms with Crippen LogP contribution in [-0.2, 0) is 0 Å². The summed E-state index contributed by atoms with van der Waals surface area (Å²) in [5, 5.41) is 24.6. The summed E-state index contributed by atoms with van der Waals surface area (Å²) < 4.78 is 54.2. The second kappa shape index (κ2) is 11.9. The molecule has 3 aliphatic heterocycles. The number of ether oxygens (including phenoxy) is 1. The first-order chi connectivity index (χ1) is 22.6. The summed E-state index contributed by atoms with van der Waals surface area (Å²) in [6.07, 6.45) is 8.33. The highest BCUT2D eigenvalue weighted by molar-refractivity contribution is 6.04. The number of aromatic nitrogens is 2. The highest BCUT2D eigenvalue weighted by Gasteiger charge is 2.41. The zero-order valence-electron chi connectivity index (χ0n) is 26.3. The van der Waals surface area contributed by atoms with Crippen LogP contribution < -0.4 is 15.0 Å². The maximum absolute atomic E-state index is 16.9.